The number of nitrogens with one attached hydrogen (secondary N) is 1. The summed E-state index contributed by atoms with van der Waals surface area (Å²) in [5, 5.41) is 3.66. The number of nitrogens with zero attached hydrogens (tertiary/aromatic N) is 1. The second-order valence-corrected chi connectivity index (χ2v) is 5.82. The maximum Gasteiger partial charge on any atom is 0.0813 e. The zero-order chi connectivity index (χ0) is 13.8. The fourth-order valence-corrected chi connectivity index (χ4v) is 3.16. The number of thiazole rings is 1. The van der Waals surface area contributed by atoms with Crippen LogP contribution in [0.2, 0.25) is 0 Å². The van der Waals surface area contributed by atoms with Gasteiger partial charge < -0.3 is 5.32 Å². The van der Waals surface area contributed by atoms with Gasteiger partial charge in [0.05, 0.1) is 21.8 Å². The average molecular weight is 282 g/mol. The van der Waals surface area contributed by atoms with Crippen LogP contribution >= 0.6 is 11.3 Å². The molecule has 102 valence electrons. The van der Waals surface area contributed by atoms with Crippen molar-refractivity contribution in [2.24, 2.45) is 0 Å². The van der Waals surface area contributed by atoms with Gasteiger partial charge in [-0.2, -0.15) is 0 Å². The monoisotopic (exact) mass is 282 g/mol. The summed E-state index contributed by atoms with van der Waals surface area (Å²) < 4.78 is 1.23. The maximum absolute atomic E-state index is 4.32. The van der Waals surface area contributed by atoms with E-state index in [-0.39, 0.29) is 0 Å². The highest BCUT2D eigenvalue weighted by molar-refractivity contribution is 7.16. The molecule has 0 amide bonds. The lowest BCUT2D eigenvalue weighted by Crippen LogP contribution is -2.10. The first-order valence-electron chi connectivity index (χ1n) is 7.01. The van der Waals surface area contributed by atoms with E-state index in [1.165, 1.54) is 16.0 Å². The van der Waals surface area contributed by atoms with E-state index in [1.54, 1.807) is 11.3 Å². The molecule has 2 nitrogen and oxygen atoms in total. The maximum atomic E-state index is 4.32. The number of anilines is 1. The van der Waals surface area contributed by atoms with Crippen molar-refractivity contribution in [1.29, 1.82) is 0 Å². The topological polar surface area (TPSA) is 24.9 Å². The van der Waals surface area contributed by atoms with Crippen molar-refractivity contribution < 1.29 is 0 Å². The van der Waals surface area contributed by atoms with Crippen LogP contribution < -0.4 is 5.32 Å². The Morgan fingerprint density at radius 2 is 2.00 bits per heavy atom. The molecule has 0 aliphatic carbocycles. The van der Waals surface area contributed by atoms with E-state index in [1.807, 2.05) is 5.51 Å². The minimum absolute atomic E-state index is 0.367. The second-order valence-electron chi connectivity index (χ2n) is 4.93. The highest BCUT2D eigenvalue weighted by atomic mass is 32.1. The summed E-state index contributed by atoms with van der Waals surface area (Å²) in [6, 6.07) is 17.4. The Hall–Kier alpha value is -1.87. The van der Waals surface area contributed by atoms with Crippen LogP contribution in [-0.4, -0.2) is 4.98 Å². The molecule has 1 N–H and O–H groups in total. The van der Waals surface area contributed by atoms with Crippen LogP contribution in [0.15, 0.2) is 54.0 Å². The van der Waals surface area contributed by atoms with E-state index < -0.39 is 0 Å². The van der Waals surface area contributed by atoms with Gasteiger partial charge in [0.2, 0.25) is 0 Å². The molecule has 0 bridgehead atoms. The Balaban J connectivity index is 1.85. The van der Waals surface area contributed by atoms with Crippen molar-refractivity contribution in [3.63, 3.8) is 0 Å². The quantitative estimate of drug-likeness (QED) is 0.691. The molecule has 2 aromatic carbocycles. The molecule has 3 rings (SSSR count). The number of hydrogen-bond acceptors (Lipinski definition) is 3. The summed E-state index contributed by atoms with van der Waals surface area (Å²) in [7, 11) is 0. The molecular weight excluding hydrogens is 264 g/mol. The fraction of sp³-hybridized carbons (Fsp3) is 0.235. The lowest BCUT2D eigenvalue weighted by molar-refractivity contribution is 0.678. The SMILES string of the molecule is CCCC(Nc1ccc2ncsc2c1)c1ccccc1. The highest BCUT2D eigenvalue weighted by Gasteiger charge is 2.10. The molecule has 0 radical (unpaired) electrons. The smallest absolute Gasteiger partial charge is 0.0813 e. The number of aromatic nitrogens is 1. The van der Waals surface area contributed by atoms with Gasteiger partial charge in [-0.3, -0.25) is 0 Å². The van der Waals surface area contributed by atoms with Crippen LogP contribution in [0.5, 0.6) is 0 Å². The van der Waals surface area contributed by atoms with Crippen molar-refractivity contribution in [1.82, 2.24) is 4.98 Å². The van der Waals surface area contributed by atoms with Gasteiger partial charge in [-0.25, -0.2) is 4.98 Å². The molecule has 1 unspecified atom stereocenters. The molecular formula is C17H18N2S. The molecule has 0 spiro atoms. The predicted octanol–water partition coefficient (Wildman–Crippen LogP) is 5.25. The summed E-state index contributed by atoms with van der Waals surface area (Å²) >= 11 is 1.69. The zero-order valence-electron chi connectivity index (χ0n) is 11.5. The molecule has 3 heteroatoms. The van der Waals surface area contributed by atoms with E-state index in [2.05, 4.69) is 65.8 Å². The predicted molar refractivity (Wildman–Crippen MR) is 87.3 cm³/mol. The van der Waals surface area contributed by atoms with Gasteiger partial charge in [-0.15, -0.1) is 11.3 Å². The Bertz CT molecular complexity index is 676. The van der Waals surface area contributed by atoms with Gasteiger partial charge in [-0.1, -0.05) is 43.7 Å². The lowest BCUT2D eigenvalue weighted by Gasteiger charge is -2.20. The molecule has 1 aromatic heterocycles. The third kappa shape index (κ3) is 2.83. The summed E-state index contributed by atoms with van der Waals surface area (Å²) in [5.41, 5.74) is 5.49. The molecule has 0 saturated carbocycles. The van der Waals surface area contributed by atoms with Crippen LogP contribution in [0.25, 0.3) is 10.2 Å². The summed E-state index contributed by atoms with van der Waals surface area (Å²) in [6.45, 7) is 2.23. The van der Waals surface area contributed by atoms with Crippen molar-refractivity contribution in [3.05, 3.63) is 59.6 Å². The third-order valence-electron chi connectivity index (χ3n) is 3.45. The summed E-state index contributed by atoms with van der Waals surface area (Å²) in [5.74, 6) is 0. The molecule has 0 aliphatic rings. The Morgan fingerprint density at radius 1 is 1.15 bits per heavy atom. The van der Waals surface area contributed by atoms with Gasteiger partial charge in [0, 0.05) is 5.69 Å². The minimum Gasteiger partial charge on any atom is -0.378 e. The first kappa shape index (κ1) is 13.1. The number of hydrogen-bond donors (Lipinski definition) is 1. The molecule has 1 heterocycles. The largest absolute Gasteiger partial charge is 0.378 e. The van der Waals surface area contributed by atoms with Crippen LogP contribution in [0, 0.1) is 0 Å². The van der Waals surface area contributed by atoms with E-state index in [4.69, 9.17) is 0 Å². The normalized spacial score (nSPS) is 12.4. The molecule has 0 fully saturated rings. The van der Waals surface area contributed by atoms with Crippen LogP contribution in [0.3, 0.4) is 0 Å². The van der Waals surface area contributed by atoms with Gasteiger partial charge in [-0.05, 0) is 30.2 Å². The van der Waals surface area contributed by atoms with Crippen molar-refractivity contribution in [2.75, 3.05) is 5.32 Å². The second kappa shape index (κ2) is 6.06. The summed E-state index contributed by atoms with van der Waals surface area (Å²) in [6.07, 6.45) is 2.29. The van der Waals surface area contributed by atoms with Crippen LogP contribution in [0.4, 0.5) is 5.69 Å². The molecule has 0 aliphatic heterocycles. The van der Waals surface area contributed by atoms with Crippen molar-refractivity contribution in [2.45, 2.75) is 25.8 Å². The van der Waals surface area contributed by atoms with E-state index in [0.29, 0.717) is 6.04 Å². The Labute approximate surface area is 123 Å². The Morgan fingerprint density at radius 3 is 2.80 bits per heavy atom. The molecule has 1 atom stereocenters. The average Bonchev–Trinajstić information content (AvgIpc) is 2.95. The van der Waals surface area contributed by atoms with Crippen molar-refractivity contribution in [3.8, 4) is 0 Å². The standard InChI is InChI=1S/C17H18N2S/c1-2-6-15(13-7-4-3-5-8-13)19-14-9-10-16-17(11-14)20-12-18-16/h3-5,7-12,15,19H,2,6H2,1H3. The van der Waals surface area contributed by atoms with E-state index in [9.17, 15) is 0 Å². The van der Waals surface area contributed by atoms with Crippen LogP contribution in [-0.2, 0) is 0 Å². The first-order chi connectivity index (χ1) is 9.86. The molecule has 20 heavy (non-hydrogen) atoms. The van der Waals surface area contributed by atoms with Gasteiger partial charge >= 0.3 is 0 Å². The molecule has 3 aromatic rings. The first-order valence-corrected chi connectivity index (χ1v) is 7.89. The number of benzene rings is 2. The van der Waals surface area contributed by atoms with Gasteiger partial charge in [0.15, 0.2) is 0 Å². The van der Waals surface area contributed by atoms with Gasteiger partial charge in [0.25, 0.3) is 0 Å². The van der Waals surface area contributed by atoms with E-state index >= 15 is 0 Å². The minimum atomic E-state index is 0.367. The van der Waals surface area contributed by atoms with Gasteiger partial charge in [0.1, 0.15) is 0 Å². The summed E-state index contributed by atoms with van der Waals surface area (Å²) in [4.78, 5) is 4.32. The number of rotatable bonds is 5. The van der Waals surface area contributed by atoms with Crippen molar-refractivity contribution >= 4 is 27.2 Å². The fourth-order valence-electron chi connectivity index (χ4n) is 2.44. The zero-order valence-corrected chi connectivity index (χ0v) is 12.4. The van der Waals surface area contributed by atoms with Crippen LogP contribution in [0.1, 0.15) is 31.4 Å². The Kier molecular flexibility index (Phi) is 3.97. The third-order valence-corrected chi connectivity index (χ3v) is 4.24. The van der Waals surface area contributed by atoms with E-state index in [0.717, 1.165) is 18.4 Å². The number of fused-ring (bicyclic) bond motifs is 1. The highest BCUT2D eigenvalue weighted by Crippen LogP contribution is 2.27. The lowest BCUT2D eigenvalue weighted by atomic mass is 10.0. The molecule has 0 saturated heterocycles.